The molecule has 0 saturated heterocycles. The molecule has 0 rings (SSSR count). The lowest BCUT2D eigenvalue weighted by molar-refractivity contribution is -0.173. The summed E-state index contributed by atoms with van der Waals surface area (Å²) in [4.78, 5) is 23.0. The summed E-state index contributed by atoms with van der Waals surface area (Å²) in [5, 5.41) is 9.75. The number of methoxy groups -OCH3 is 1. The van der Waals surface area contributed by atoms with Gasteiger partial charge in [-0.2, -0.15) is 0 Å². The van der Waals surface area contributed by atoms with Crippen LogP contribution >= 0.6 is 0 Å². The molecule has 0 aromatic carbocycles. The number of aliphatic hydroxyl groups is 1. The van der Waals surface area contributed by atoms with E-state index in [-0.39, 0.29) is 6.42 Å². The zero-order chi connectivity index (χ0) is 13.6. The highest BCUT2D eigenvalue weighted by Crippen LogP contribution is 2.16. The van der Waals surface area contributed by atoms with Crippen LogP contribution < -0.4 is 0 Å². The van der Waals surface area contributed by atoms with E-state index in [0.717, 1.165) is 0 Å². The number of rotatable bonds is 5. The van der Waals surface area contributed by atoms with Crippen LogP contribution in [0.25, 0.3) is 0 Å². The summed E-state index contributed by atoms with van der Waals surface area (Å²) >= 11 is 0. The smallest absolute Gasteiger partial charge is 0.336 e. The topological polar surface area (TPSA) is 72.8 Å². The maximum Gasteiger partial charge on any atom is 0.336 e. The number of carbonyl (C=O) groups is 2. The van der Waals surface area contributed by atoms with Gasteiger partial charge in [-0.1, -0.05) is 6.08 Å². The van der Waals surface area contributed by atoms with Crippen molar-refractivity contribution >= 4 is 11.9 Å². The first-order valence-electron chi connectivity index (χ1n) is 5.32. The van der Waals surface area contributed by atoms with E-state index >= 15 is 0 Å². The van der Waals surface area contributed by atoms with Crippen molar-refractivity contribution in [3.8, 4) is 0 Å². The van der Waals surface area contributed by atoms with Crippen molar-refractivity contribution in [1.82, 2.24) is 0 Å². The SMILES string of the molecule is C=CC[C@H](C(=O)OC)[C@@H](O)C(=O)OC(C)(C)C. The number of hydrogen-bond acceptors (Lipinski definition) is 5. The minimum atomic E-state index is -1.54. The van der Waals surface area contributed by atoms with Gasteiger partial charge in [-0.25, -0.2) is 4.79 Å². The van der Waals surface area contributed by atoms with Gasteiger partial charge in [-0.3, -0.25) is 4.79 Å². The molecule has 0 heterocycles. The Kier molecular flexibility index (Phi) is 5.88. The van der Waals surface area contributed by atoms with Gasteiger partial charge < -0.3 is 14.6 Å². The van der Waals surface area contributed by atoms with Crippen molar-refractivity contribution in [2.24, 2.45) is 5.92 Å². The second-order valence-corrected chi connectivity index (χ2v) is 4.63. The lowest BCUT2D eigenvalue weighted by Gasteiger charge is -2.24. The highest BCUT2D eigenvalue weighted by Gasteiger charge is 2.34. The van der Waals surface area contributed by atoms with Gasteiger partial charge in [0, 0.05) is 0 Å². The second kappa shape index (κ2) is 6.39. The molecule has 0 bridgehead atoms. The molecule has 0 spiro atoms. The standard InChI is InChI=1S/C12H20O5/c1-6-7-8(10(14)16-5)9(13)11(15)17-12(2,3)4/h6,8-9,13H,1,7H2,2-5H3/t8-,9+/m0/s1. The van der Waals surface area contributed by atoms with Crippen LogP contribution in [0.1, 0.15) is 27.2 Å². The largest absolute Gasteiger partial charge is 0.469 e. The van der Waals surface area contributed by atoms with Gasteiger partial charge in [-0.15, -0.1) is 6.58 Å². The van der Waals surface area contributed by atoms with Crippen LogP contribution in [0.5, 0.6) is 0 Å². The molecule has 0 aromatic heterocycles. The monoisotopic (exact) mass is 244 g/mol. The number of aliphatic hydroxyl groups excluding tert-OH is 1. The molecule has 0 unspecified atom stereocenters. The van der Waals surface area contributed by atoms with Crippen LogP contribution in [-0.4, -0.2) is 35.9 Å². The summed E-state index contributed by atoms with van der Waals surface area (Å²) in [6.07, 6.45) is 0.0436. The van der Waals surface area contributed by atoms with Crippen LogP contribution in [0.15, 0.2) is 12.7 Å². The Morgan fingerprint density at radius 3 is 2.24 bits per heavy atom. The minimum Gasteiger partial charge on any atom is -0.469 e. The van der Waals surface area contributed by atoms with Crippen molar-refractivity contribution in [2.45, 2.75) is 38.9 Å². The third-order valence-corrected chi connectivity index (χ3v) is 1.95. The molecule has 2 atom stereocenters. The summed E-state index contributed by atoms with van der Waals surface area (Å²) in [6.45, 7) is 8.50. The van der Waals surface area contributed by atoms with Gasteiger partial charge in [0.1, 0.15) is 5.60 Å². The average Bonchev–Trinajstić information content (AvgIpc) is 2.21. The molecule has 0 saturated carbocycles. The van der Waals surface area contributed by atoms with Gasteiger partial charge >= 0.3 is 11.9 Å². The maximum atomic E-state index is 11.6. The Morgan fingerprint density at radius 2 is 1.88 bits per heavy atom. The highest BCUT2D eigenvalue weighted by molar-refractivity contribution is 5.83. The van der Waals surface area contributed by atoms with Crippen LogP contribution in [0.3, 0.4) is 0 Å². The lowest BCUT2D eigenvalue weighted by atomic mass is 9.98. The van der Waals surface area contributed by atoms with E-state index in [1.54, 1.807) is 20.8 Å². The van der Waals surface area contributed by atoms with E-state index in [2.05, 4.69) is 11.3 Å². The van der Waals surface area contributed by atoms with Crippen LogP contribution in [0.4, 0.5) is 0 Å². The second-order valence-electron chi connectivity index (χ2n) is 4.63. The molecule has 0 amide bonds. The predicted octanol–water partition coefficient (Wildman–Crippen LogP) is 1.05. The third-order valence-electron chi connectivity index (χ3n) is 1.95. The number of carbonyl (C=O) groups excluding carboxylic acids is 2. The summed E-state index contributed by atoms with van der Waals surface area (Å²) in [5.41, 5.74) is -0.715. The Labute approximate surface area is 101 Å². The zero-order valence-corrected chi connectivity index (χ0v) is 10.7. The molecule has 0 aromatic rings. The molecule has 0 radical (unpaired) electrons. The van der Waals surface area contributed by atoms with Gasteiger partial charge in [0.05, 0.1) is 13.0 Å². The number of allylic oxidation sites excluding steroid dienone is 1. The number of ether oxygens (including phenoxy) is 2. The first-order chi connectivity index (χ1) is 7.72. The minimum absolute atomic E-state index is 0.146. The van der Waals surface area contributed by atoms with Gasteiger partial charge in [0.25, 0.3) is 0 Å². The fourth-order valence-corrected chi connectivity index (χ4v) is 1.21. The van der Waals surface area contributed by atoms with Gasteiger partial charge in [-0.05, 0) is 27.2 Å². The molecule has 98 valence electrons. The summed E-state index contributed by atoms with van der Waals surface area (Å²) < 4.78 is 9.50. The molecule has 17 heavy (non-hydrogen) atoms. The molecule has 0 aliphatic carbocycles. The van der Waals surface area contributed by atoms with Crippen molar-refractivity contribution in [3.63, 3.8) is 0 Å². The van der Waals surface area contributed by atoms with Crippen LogP contribution in [-0.2, 0) is 19.1 Å². The van der Waals surface area contributed by atoms with E-state index in [1.807, 2.05) is 0 Å². The average molecular weight is 244 g/mol. The van der Waals surface area contributed by atoms with E-state index < -0.39 is 29.6 Å². The molecule has 0 aliphatic heterocycles. The highest BCUT2D eigenvalue weighted by atomic mass is 16.6. The quantitative estimate of drug-likeness (QED) is 0.578. The number of hydrogen-bond donors (Lipinski definition) is 1. The molecule has 0 aliphatic rings. The Morgan fingerprint density at radius 1 is 1.35 bits per heavy atom. The Bertz CT molecular complexity index is 290. The molecular weight excluding hydrogens is 224 g/mol. The van der Waals surface area contributed by atoms with E-state index in [9.17, 15) is 14.7 Å². The fourth-order valence-electron chi connectivity index (χ4n) is 1.21. The molecule has 5 heteroatoms. The first kappa shape index (κ1) is 15.6. The van der Waals surface area contributed by atoms with E-state index in [0.29, 0.717) is 0 Å². The fraction of sp³-hybridized carbons (Fsp3) is 0.667. The zero-order valence-electron chi connectivity index (χ0n) is 10.7. The third kappa shape index (κ3) is 5.49. The molecule has 0 fully saturated rings. The summed E-state index contributed by atoms with van der Waals surface area (Å²) in [6, 6.07) is 0. The van der Waals surface area contributed by atoms with E-state index in [4.69, 9.17) is 4.74 Å². The van der Waals surface area contributed by atoms with Crippen LogP contribution in [0, 0.1) is 5.92 Å². The van der Waals surface area contributed by atoms with Crippen molar-refractivity contribution in [2.75, 3.05) is 7.11 Å². The molecule has 5 nitrogen and oxygen atoms in total. The predicted molar refractivity (Wildman–Crippen MR) is 62.2 cm³/mol. The van der Waals surface area contributed by atoms with Gasteiger partial charge in [0.2, 0.25) is 0 Å². The molecule has 1 N–H and O–H groups in total. The van der Waals surface area contributed by atoms with Crippen molar-refractivity contribution < 1.29 is 24.2 Å². The molecular formula is C12H20O5. The lowest BCUT2D eigenvalue weighted by Crippen LogP contribution is -2.39. The first-order valence-corrected chi connectivity index (χ1v) is 5.32. The van der Waals surface area contributed by atoms with Gasteiger partial charge in [0.15, 0.2) is 6.10 Å². The van der Waals surface area contributed by atoms with E-state index in [1.165, 1.54) is 13.2 Å². The van der Waals surface area contributed by atoms with Crippen molar-refractivity contribution in [3.05, 3.63) is 12.7 Å². The number of esters is 2. The van der Waals surface area contributed by atoms with Crippen LogP contribution in [0.2, 0.25) is 0 Å². The maximum absolute atomic E-state index is 11.6. The normalized spacial score (nSPS) is 14.6. The Hall–Kier alpha value is -1.36. The summed E-state index contributed by atoms with van der Waals surface area (Å²) in [5.74, 6) is -2.48. The Balaban J connectivity index is 4.71. The summed E-state index contributed by atoms with van der Waals surface area (Å²) in [7, 11) is 1.19. The van der Waals surface area contributed by atoms with Crippen molar-refractivity contribution in [1.29, 1.82) is 0 Å².